The second-order valence-corrected chi connectivity index (χ2v) is 7.94. The number of hydrogen-bond donors (Lipinski definition) is 1. The quantitative estimate of drug-likeness (QED) is 0.582. The number of nitrogens with two attached hydrogens (primary N) is 1. The number of nitrogens with zero attached hydrogens (tertiary/aromatic N) is 3. The molecule has 0 atom stereocenters. The summed E-state index contributed by atoms with van der Waals surface area (Å²) < 4.78 is 22.7. The number of hydrogen-bond acceptors (Lipinski definition) is 4. The zero-order valence-electron chi connectivity index (χ0n) is 12.1. The van der Waals surface area contributed by atoms with Crippen molar-refractivity contribution in [3.8, 4) is 0 Å². The highest BCUT2D eigenvalue weighted by Gasteiger charge is 2.20. The predicted molar refractivity (Wildman–Crippen MR) is 81.6 cm³/mol. The summed E-state index contributed by atoms with van der Waals surface area (Å²) in [5, 5.41) is 0. The van der Waals surface area contributed by atoms with Crippen LogP contribution in [0.15, 0.2) is 4.99 Å². The fourth-order valence-corrected chi connectivity index (χ4v) is 3.96. The molecular weight excluding hydrogens is 276 g/mol. The summed E-state index contributed by atoms with van der Waals surface area (Å²) in [6, 6.07) is 0. The minimum absolute atomic E-state index is 0.276. The Balaban J connectivity index is 1.72. The third kappa shape index (κ3) is 4.94. The zero-order chi connectivity index (χ0) is 14.4. The summed E-state index contributed by atoms with van der Waals surface area (Å²) in [6.45, 7) is 4.73. The topological polar surface area (TPSA) is 79.0 Å². The summed E-state index contributed by atoms with van der Waals surface area (Å²) >= 11 is 0. The van der Waals surface area contributed by atoms with E-state index < -0.39 is 9.84 Å². The van der Waals surface area contributed by atoms with Gasteiger partial charge in [0.1, 0.15) is 0 Å². The Bertz CT molecular complexity index is 414. The largest absolute Gasteiger partial charge is 0.370 e. The first-order valence-electron chi connectivity index (χ1n) is 7.54. The lowest BCUT2D eigenvalue weighted by molar-refractivity contribution is 0.303. The molecule has 0 aromatic heterocycles. The Morgan fingerprint density at radius 3 is 2.20 bits per heavy atom. The van der Waals surface area contributed by atoms with Gasteiger partial charge in [-0.1, -0.05) is 12.8 Å². The van der Waals surface area contributed by atoms with E-state index in [-0.39, 0.29) is 11.5 Å². The van der Waals surface area contributed by atoms with Gasteiger partial charge in [-0.15, -0.1) is 0 Å². The van der Waals surface area contributed by atoms with Crippen molar-refractivity contribution in [3.05, 3.63) is 0 Å². The standard InChI is InChI=1S/C13H26N4O2S/c14-13(17-6-3-1-2-4-7-17)15-5-8-16-9-11-20(18,19)12-10-16/h1-12H2,(H2,14,15). The molecule has 20 heavy (non-hydrogen) atoms. The van der Waals surface area contributed by atoms with Crippen LogP contribution >= 0.6 is 0 Å². The summed E-state index contributed by atoms with van der Waals surface area (Å²) in [7, 11) is -2.79. The van der Waals surface area contributed by atoms with Crippen LogP contribution in [0, 0.1) is 0 Å². The molecule has 2 saturated heterocycles. The van der Waals surface area contributed by atoms with Gasteiger partial charge in [0.05, 0.1) is 18.1 Å². The van der Waals surface area contributed by atoms with Crippen molar-refractivity contribution >= 4 is 15.8 Å². The van der Waals surface area contributed by atoms with Gasteiger partial charge in [0.2, 0.25) is 0 Å². The van der Waals surface area contributed by atoms with Crippen molar-refractivity contribution in [1.82, 2.24) is 9.80 Å². The average molecular weight is 302 g/mol. The van der Waals surface area contributed by atoms with Gasteiger partial charge in [-0.05, 0) is 12.8 Å². The predicted octanol–water partition coefficient (Wildman–Crippen LogP) is -0.0925. The molecule has 7 heteroatoms. The Morgan fingerprint density at radius 1 is 1.00 bits per heavy atom. The smallest absolute Gasteiger partial charge is 0.191 e. The fraction of sp³-hybridized carbons (Fsp3) is 0.923. The van der Waals surface area contributed by atoms with Gasteiger partial charge in [-0.3, -0.25) is 9.89 Å². The van der Waals surface area contributed by atoms with Gasteiger partial charge in [0.15, 0.2) is 15.8 Å². The van der Waals surface area contributed by atoms with Crippen LogP contribution in [0.2, 0.25) is 0 Å². The number of rotatable bonds is 3. The van der Waals surface area contributed by atoms with E-state index in [2.05, 4.69) is 14.8 Å². The first-order chi connectivity index (χ1) is 9.57. The third-order valence-electron chi connectivity index (χ3n) is 4.06. The minimum atomic E-state index is -2.79. The summed E-state index contributed by atoms with van der Waals surface area (Å²) in [5.74, 6) is 1.20. The SMILES string of the molecule is NC(=NCCN1CCS(=O)(=O)CC1)N1CCCCCC1. The van der Waals surface area contributed by atoms with Crippen LogP contribution in [0.1, 0.15) is 25.7 Å². The van der Waals surface area contributed by atoms with Crippen LogP contribution in [-0.4, -0.2) is 75.0 Å². The molecule has 0 spiro atoms. The molecule has 0 saturated carbocycles. The molecule has 0 aromatic carbocycles. The second kappa shape index (κ2) is 7.26. The molecule has 116 valence electrons. The van der Waals surface area contributed by atoms with Gasteiger partial charge < -0.3 is 10.6 Å². The molecule has 2 aliphatic heterocycles. The third-order valence-corrected chi connectivity index (χ3v) is 5.67. The van der Waals surface area contributed by atoms with E-state index in [1.807, 2.05) is 0 Å². The molecule has 0 aromatic rings. The summed E-state index contributed by atoms with van der Waals surface area (Å²) in [4.78, 5) is 8.78. The maximum absolute atomic E-state index is 11.3. The normalized spacial score (nSPS) is 25.4. The molecule has 0 aliphatic carbocycles. The number of likely N-dealkylation sites (tertiary alicyclic amines) is 1. The lowest BCUT2D eigenvalue weighted by Crippen LogP contribution is -2.42. The van der Waals surface area contributed by atoms with Gasteiger partial charge in [-0.2, -0.15) is 0 Å². The van der Waals surface area contributed by atoms with E-state index >= 15 is 0 Å². The highest BCUT2D eigenvalue weighted by Crippen LogP contribution is 2.09. The Kier molecular flexibility index (Phi) is 5.65. The molecule has 0 amide bonds. The van der Waals surface area contributed by atoms with E-state index in [0.717, 1.165) is 19.6 Å². The van der Waals surface area contributed by atoms with Gasteiger partial charge >= 0.3 is 0 Å². The summed E-state index contributed by atoms with van der Waals surface area (Å²) in [5.41, 5.74) is 6.04. The van der Waals surface area contributed by atoms with E-state index in [0.29, 0.717) is 25.6 Å². The maximum Gasteiger partial charge on any atom is 0.191 e. The molecule has 0 unspecified atom stereocenters. The number of aliphatic imine (C=N–C) groups is 1. The number of sulfone groups is 1. The molecule has 2 rings (SSSR count). The maximum atomic E-state index is 11.3. The van der Waals surface area contributed by atoms with Crippen molar-refractivity contribution in [2.45, 2.75) is 25.7 Å². The molecule has 2 aliphatic rings. The van der Waals surface area contributed by atoms with Crippen LogP contribution in [0.3, 0.4) is 0 Å². The monoisotopic (exact) mass is 302 g/mol. The first-order valence-corrected chi connectivity index (χ1v) is 9.37. The second-order valence-electron chi connectivity index (χ2n) is 5.63. The van der Waals surface area contributed by atoms with Crippen LogP contribution in [0.5, 0.6) is 0 Å². The van der Waals surface area contributed by atoms with Crippen LogP contribution in [-0.2, 0) is 9.84 Å². The lowest BCUT2D eigenvalue weighted by Gasteiger charge is -2.26. The van der Waals surface area contributed by atoms with E-state index in [1.165, 1.54) is 25.7 Å². The Morgan fingerprint density at radius 2 is 1.60 bits per heavy atom. The fourth-order valence-electron chi connectivity index (χ4n) is 2.68. The Labute approximate surface area is 121 Å². The highest BCUT2D eigenvalue weighted by atomic mass is 32.2. The summed E-state index contributed by atoms with van der Waals surface area (Å²) in [6.07, 6.45) is 4.96. The van der Waals surface area contributed by atoms with E-state index in [1.54, 1.807) is 0 Å². The molecule has 6 nitrogen and oxygen atoms in total. The van der Waals surface area contributed by atoms with E-state index in [4.69, 9.17) is 5.73 Å². The van der Waals surface area contributed by atoms with Crippen molar-refractivity contribution in [3.63, 3.8) is 0 Å². The minimum Gasteiger partial charge on any atom is -0.370 e. The molecule has 0 radical (unpaired) electrons. The molecular formula is C13H26N4O2S. The van der Waals surface area contributed by atoms with Crippen molar-refractivity contribution < 1.29 is 8.42 Å². The van der Waals surface area contributed by atoms with Crippen molar-refractivity contribution in [1.29, 1.82) is 0 Å². The Hall–Kier alpha value is -0.820. The highest BCUT2D eigenvalue weighted by molar-refractivity contribution is 7.91. The van der Waals surface area contributed by atoms with Gasteiger partial charge in [0.25, 0.3) is 0 Å². The lowest BCUT2D eigenvalue weighted by atomic mass is 10.2. The van der Waals surface area contributed by atoms with Crippen molar-refractivity contribution in [2.24, 2.45) is 10.7 Å². The zero-order valence-corrected chi connectivity index (χ0v) is 12.9. The van der Waals surface area contributed by atoms with E-state index in [9.17, 15) is 8.42 Å². The van der Waals surface area contributed by atoms with Gasteiger partial charge in [-0.25, -0.2) is 8.42 Å². The average Bonchev–Trinajstić information content (AvgIpc) is 2.69. The first kappa shape index (κ1) is 15.6. The molecule has 2 fully saturated rings. The molecule has 2 heterocycles. The van der Waals surface area contributed by atoms with Gasteiger partial charge in [0, 0.05) is 32.7 Å². The van der Waals surface area contributed by atoms with Crippen LogP contribution < -0.4 is 5.73 Å². The van der Waals surface area contributed by atoms with Crippen molar-refractivity contribution in [2.75, 3.05) is 50.8 Å². The molecule has 0 bridgehead atoms. The number of guanidine groups is 1. The molecule has 2 N–H and O–H groups in total. The van der Waals surface area contributed by atoms with Crippen LogP contribution in [0.4, 0.5) is 0 Å². The van der Waals surface area contributed by atoms with Crippen LogP contribution in [0.25, 0.3) is 0 Å².